The van der Waals surface area contributed by atoms with Crippen LogP contribution in [0.3, 0.4) is 0 Å². The van der Waals surface area contributed by atoms with E-state index in [4.69, 9.17) is 4.98 Å². The largest absolute Gasteiger partial charge is 0.368 e. The van der Waals surface area contributed by atoms with Crippen molar-refractivity contribution in [2.24, 2.45) is 0 Å². The van der Waals surface area contributed by atoms with E-state index in [0.717, 1.165) is 48.8 Å². The number of anilines is 4. The zero-order valence-corrected chi connectivity index (χ0v) is 16.6. The number of benzene rings is 2. The van der Waals surface area contributed by atoms with Crippen molar-refractivity contribution in [2.75, 3.05) is 41.3 Å². The summed E-state index contributed by atoms with van der Waals surface area (Å²) in [7, 11) is 0. The lowest BCUT2D eigenvalue weighted by atomic mass is 10.2. The molecule has 0 atom stereocenters. The Bertz CT molecular complexity index is 1150. The van der Waals surface area contributed by atoms with Crippen LogP contribution in [0.25, 0.3) is 11.0 Å². The smallest absolute Gasteiger partial charge is 0.229 e. The van der Waals surface area contributed by atoms with Crippen molar-refractivity contribution in [1.82, 2.24) is 20.2 Å². The molecule has 0 amide bonds. The summed E-state index contributed by atoms with van der Waals surface area (Å²) >= 11 is 0. The van der Waals surface area contributed by atoms with Crippen LogP contribution in [0.4, 0.5) is 27.5 Å². The van der Waals surface area contributed by atoms with Crippen molar-refractivity contribution in [3.8, 4) is 0 Å². The minimum absolute atomic E-state index is 0.216. The monoisotopic (exact) mass is 403 g/mol. The Morgan fingerprint density at radius 3 is 2.33 bits per heavy atom. The topological polar surface area (TPSA) is 73.0 Å². The number of halogens is 1. The second-order valence-corrected chi connectivity index (χ2v) is 7.45. The fraction of sp³-hybridized carbons (Fsp3) is 0.227. The van der Waals surface area contributed by atoms with E-state index in [2.05, 4.69) is 49.4 Å². The van der Waals surface area contributed by atoms with E-state index in [-0.39, 0.29) is 5.82 Å². The molecule has 0 radical (unpaired) electrons. The Labute approximate surface area is 173 Å². The molecule has 0 spiro atoms. The molecule has 8 heteroatoms. The Balaban J connectivity index is 1.37. The van der Waals surface area contributed by atoms with Gasteiger partial charge in [-0.2, -0.15) is 15.1 Å². The number of H-pyrrole nitrogens is 1. The van der Waals surface area contributed by atoms with Crippen LogP contribution in [-0.4, -0.2) is 46.3 Å². The Kier molecular flexibility index (Phi) is 4.66. The number of nitrogens with zero attached hydrogens (tertiary/aromatic N) is 5. The maximum atomic E-state index is 13.2. The zero-order chi connectivity index (χ0) is 20.5. The molecule has 1 aliphatic heterocycles. The van der Waals surface area contributed by atoms with Crippen LogP contribution in [0.5, 0.6) is 0 Å². The van der Waals surface area contributed by atoms with Gasteiger partial charge < -0.3 is 15.1 Å². The number of aryl methyl sites for hydroxylation is 1. The summed E-state index contributed by atoms with van der Waals surface area (Å²) in [5, 5.41) is 11.3. The van der Waals surface area contributed by atoms with E-state index in [1.807, 2.05) is 24.3 Å². The third-order valence-corrected chi connectivity index (χ3v) is 5.37. The minimum Gasteiger partial charge on any atom is -0.368 e. The van der Waals surface area contributed by atoms with Crippen LogP contribution in [0.1, 0.15) is 5.56 Å². The third-order valence-electron chi connectivity index (χ3n) is 5.37. The highest BCUT2D eigenvalue weighted by molar-refractivity contribution is 5.89. The molecule has 0 bridgehead atoms. The van der Waals surface area contributed by atoms with Gasteiger partial charge in [-0.1, -0.05) is 17.7 Å². The third kappa shape index (κ3) is 3.63. The first-order valence-electron chi connectivity index (χ1n) is 9.96. The molecule has 4 aromatic rings. The number of hydrogen-bond donors (Lipinski definition) is 2. The van der Waals surface area contributed by atoms with Gasteiger partial charge in [0.15, 0.2) is 5.65 Å². The molecule has 30 heavy (non-hydrogen) atoms. The summed E-state index contributed by atoms with van der Waals surface area (Å²) in [6.45, 7) is 5.25. The van der Waals surface area contributed by atoms with Gasteiger partial charge in [0.1, 0.15) is 11.6 Å². The van der Waals surface area contributed by atoms with Gasteiger partial charge in [0, 0.05) is 37.6 Å². The molecule has 0 saturated carbocycles. The predicted octanol–water partition coefficient (Wildman–Crippen LogP) is 3.87. The van der Waals surface area contributed by atoms with Crippen LogP contribution < -0.4 is 15.1 Å². The molecule has 0 unspecified atom stereocenters. The van der Waals surface area contributed by atoms with E-state index in [1.165, 1.54) is 17.7 Å². The molecule has 1 fully saturated rings. The minimum atomic E-state index is -0.216. The van der Waals surface area contributed by atoms with Gasteiger partial charge in [-0.05, 0) is 43.3 Å². The Morgan fingerprint density at radius 1 is 0.900 bits per heavy atom. The number of nitrogens with one attached hydrogen (secondary N) is 2. The average Bonchev–Trinajstić information content (AvgIpc) is 3.25. The molecule has 2 aromatic carbocycles. The molecular formula is C22H22FN7. The normalized spacial score (nSPS) is 14.3. The summed E-state index contributed by atoms with van der Waals surface area (Å²) in [5.74, 6) is 1.18. The first-order valence-corrected chi connectivity index (χ1v) is 9.96. The average molecular weight is 403 g/mol. The summed E-state index contributed by atoms with van der Waals surface area (Å²) in [4.78, 5) is 13.9. The van der Waals surface area contributed by atoms with Crippen molar-refractivity contribution < 1.29 is 4.39 Å². The lowest BCUT2D eigenvalue weighted by Crippen LogP contribution is -2.47. The summed E-state index contributed by atoms with van der Waals surface area (Å²) < 4.78 is 13.2. The van der Waals surface area contributed by atoms with Crippen molar-refractivity contribution in [3.63, 3.8) is 0 Å². The van der Waals surface area contributed by atoms with Crippen LogP contribution in [0.15, 0.2) is 54.7 Å². The standard InChI is InChI=1S/C22H22FN7/c1-15-2-6-17(7-3-15)25-20-19-14-24-28-21(19)27-22(26-20)30-12-10-29(11-13-30)18-8-4-16(23)5-9-18/h2-9,14H,10-13H2,1H3,(H2,24,25,26,27,28). The second-order valence-electron chi connectivity index (χ2n) is 7.45. The van der Waals surface area contributed by atoms with Crippen LogP contribution in [0.2, 0.25) is 0 Å². The molecule has 3 heterocycles. The number of fused-ring (bicyclic) bond motifs is 1. The summed E-state index contributed by atoms with van der Waals surface area (Å²) in [6, 6.07) is 14.8. The maximum Gasteiger partial charge on any atom is 0.229 e. The van der Waals surface area contributed by atoms with Crippen molar-refractivity contribution >= 4 is 34.2 Å². The predicted molar refractivity (Wildman–Crippen MR) is 117 cm³/mol. The Morgan fingerprint density at radius 2 is 1.60 bits per heavy atom. The molecule has 1 aliphatic rings. The summed E-state index contributed by atoms with van der Waals surface area (Å²) in [6.07, 6.45) is 1.74. The number of aromatic nitrogens is 4. The quantitative estimate of drug-likeness (QED) is 0.539. The van der Waals surface area contributed by atoms with E-state index in [0.29, 0.717) is 11.6 Å². The van der Waals surface area contributed by atoms with Gasteiger partial charge >= 0.3 is 0 Å². The first kappa shape index (κ1) is 18.4. The van der Waals surface area contributed by atoms with Crippen LogP contribution >= 0.6 is 0 Å². The SMILES string of the molecule is Cc1ccc(Nc2nc(N3CCN(c4ccc(F)cc4)CC3)nc3[nH]ncc23)cc1. The van der Waals surface area contributed by atoms with Crippen LogP contribution in [-0.2, 0) is 0 Å². The van der Waals surface area contributed by atoms with Crippen molar-refractivity contribution in [3.05, 3.63) is 66.1 Å². The maximum absolute atomic E-state index is 13.2. The van der Waals surface area contributed by atoms with Crippen molar-refractivity contribution in [2.45, 2.75) is 6.92 Å². The molecule has 7 nitrogen and oxygen atoms in total. The first-order chi connectivity index (χ1) is 14.7. The number of hydrogen-bond acceptors (Lipinski definition) is 6. The molecule has 2 aromatic heterocycles. The molecule has 0 aliphatic carbocycles. The molecule has 152 valence electrons. The van der Waals surface area contributed by atoms with Gasteiger partial charge in [-0.25, -0.2) is 4.39 Å². The van der Waals surface area contributed by atoms with Gasteiger partial charge in [-0.15, -0.1) is 0 Å². The molecule has 5 rings (SSSR count). The van der Waals surface area contributed by atoms with Gasteiger partial charge in [-0.3, -0.25) is 5.10 Å². The summed E-state index contributed by atoms with van der Waals surface area (Å²) in [5.41, 5.74) is 3.91. The highest BCUT2D eigenvalue weighted by Gasteiger charge is 2.21. The lowest BCUT2D eigenvalue weighted by Gasteiger charge is -2.36. The van der Waals surface area contributed by atoms with Crippen molar-refractivity contribution in [1.29, 1.82) is 0 Å². The number of aromatic amines is 1. The van der Waals surface area contributed by atoms with Crippen LogP contribution in [0, 0.1) is 12.7 Å². The lowest BCUT2D eigenvalue weighted by molar-refractivity contribution is 0.623. The fourth-order valence-electron chi connectivity index (χ4n) is 3.65. The van der Waals surface area contributed by atoms with E-state index >= 15 is 0 Å². The number of rotatable bonds is 4. The van der Waals surface area contributed by atoms with Gasteiger partial charge in [0.05, 0.1) is 11.6 Å². The highest BCUT2D eigenvalue weighted by atomic mass is 19.1. The van der Waals surface area contributed by atoms with E-state index in [9.17, 15) is 4.39 Å². The molecule has 2 N–H and O–H groups in total. The van der Waals surface area contributed by atoms with Gasteiger partial charge in [0.2, 0.25) is 5.95 Å². The highest BCUT2D eigenvalue weighted by Crippen LogP contribution is 2.26. The van der Waals surface area contributed by atoms with E-state index in [1.54, 1.807) is 6.20 Å². The second kappa shape index (κ2) is 7.62. The molecular weight excluding hydrogens is 381 g/mol. The Hall–Kier alpha value is -3.68. The van der Waals surface area contributed by atoms with E-state index < -0.39 is 0 Å². The molecule has 1 saturated heterocycles. The number of piperazine rings is 1. The zero-order valence-electron chi connectivity index (χ0n) is 16.6. The van der Waals surface area contributed by atoms with Gasteiger partial charge in [0.25, 0.3) is 0 Å². The fourth-order valence-corrected chi connectivity index (χ4v) is 3.65.